The molecule has 1 amide bonds. The van der Waals surface area contributed by atoms with E-state index >= 15 is 0 Å². The number of amides is 1. The highest BCUT2D eigenvalue weighted by Crippen LogP contribution is 2.40. The van der Waals surface area contributed by atoms with Gasteiger partial charge in [-0.1, -0.05) is 30.3 Å². The molecule has 5 nitrogen and oxygen atoms in total. The summed E-state index contributed by atoms with van der Waals surface area (Å²) in [6.07, 6.45) is 3.05. The third kappa shape index (κ3) is 4.29. The Labute approximate surface area is 171 Å². The Morgan fingerprint density at radius 3 is 2.24 bits per heavy atom. The van der Waals surface area contributed by atoms with Crippen molar-refractivity contribution >= 4 is 11.9 Å². The van der Waals surface area contributed by atoms with Gasteiger partial charge < -0.3 is 14.4 Å². The van der Waals surface area contributed by atoms with Crippen molar-refractivity contribution in [2.24, 2.45) is 5.92 Å². The molecule has 2 saturated heterocycles. The Morgan fingerprint density at radius 2 is 1.62 bits per heavy atom. The van der Waals surface area contributed by atoms with E-state index in [1.807, 2.05) is 66.4 Å². The molecule has 2 bridgehead atoms. The minimum atomic E-state index is -0.256. The van der Waals surface area contributed by atoms with E-state index in [4.69, 9.17) is 9.47 Å². The number of fused-ring (bicyclic) bond motifs is 2. The molecule has 152 valence electrons. The van der Waals surface area contributed by atoms with Crippen LogP contribution in [0.15, 0.2) is 54.6 Å². The molecule has 2 atom stereocenters. The summed E-state index contributed by atoms with van der Waals surface area (Å²) < 4.78 is 11.0. The van der Waals surface area contributed by atoms with Gasteiger partial charge in [0.2, 0.25) is 0 Å². The molecule has 0 aliphatic carbocycles. The third-order valence-electron chi connectivity index (χ3n) is 5.97. The monoisotopic (exact) mass is 393 g/mol. The first-order valence-electron chi connectivity index (χ1n) is 10.4. The van der Waals surface area contributed by atoms with Gasteiger partial charge in [0.15, 0.2) is 5.78 Å². The zero-order valence-corrected chi connectivity index (χ0v) is 16.8. The molecular formula is C24H27NO4. The Hall–Kier alpha value is -2.82. The molecule has 2 fully saturated rings. The van der Waals surface area contributed by atoms with Gasteiger partial charge in [0.1, 0.15) is 12.4 Å². The van der Waals surface area contributed by atoms with Crippen LogP contribution in [0.4, 0.5) is 4.79 Å². The van der Waals surface area contributed by atoms with Crippen LogP contribution in [0.1, 0.15) is 48.5 Å². The van der Waals surface area contributed by atoms with Crippen molar-refractivity contribution in [2.45, 2.75) is 51.3 Å². The average molecular weight is 393 g/mol. The van der Waals surface area contributed by atoms with E-state index in [0.717, 1.165) is 29.7 Å². The topological polar surface area (TPSA) is 55.8 Å². The second-order valence-corrected chi connectivity index (χ2v) is 7.82. The highest BCUT2D eigenvalue weighted by Gasteiger charge is 2.45. The number of hydrogen-bond donors (Lipinski definition) is 0. The van der Waals surface area contributed by atoms with Gasteiger partial charge in [0.05, 0.1) is 6.61 Å². The van der Waals surface area contributed by atoms with Crippen molar-refractivity contribution in [3.8, 4) is 5.75 Å². The quantitative estimate of drug-likeness (QED) is 0.659. The van der Waals surface area contributed by atoms with Gasteiger partial charge in [-0.15, -0.1) is 0 Å². The molecule has 2 unspecified atom stereocenters. The molecule has 2 aliphatic rings. The standard InChI is InChI=1S/C24H27NO4/c1-2-28-22-12-8-18(9-13-22)23(26)19-14-20-10-11-21(15-19)25(20)24(27)29-16-17-6-4-3-5-7-17/h3-9,12-13,19-21H,2,10-11,14-16H2,1H3. The minimum Gasteiger partial charge on any atom is -0.494 e. The number of ketones is 1. The third-order valence-corrected chi connectivity index (χ3v) is 5.97. The number of carbonyl (C=O) groups is 2. The van der Waals surface area contributed by atoms with Crippen LogP contribution in [0, 0.1) is 5.92 Å². The van der Waals surface area contributed by atoms with Crippen molar-refractivity contribution in [3.05, 3.63) is 65.7 Å². The zero-order chi connectivity index (χ0) is 20.2. The lowest BCUT2D eigenvalue weighted by Gasteiger charge is -2.37. The Kier molecular flexibility index (Phi) is 5.84. The van der Waals surface area contributed by atoms with Crippen LogP contribution < -0.4 is 4.74 Å². The van der Waals surface area contributed by atoms with Crippen molar-refractivity contribution in [1.29, 1.82) is 0 Å². The zero-order valence-electron chi connectivity index (χ0n) is 16.8. The maximum Gasteiger partial charge on any atom is 0.410 e. The second-order valence-electron chi connectivity index (χ2n) is 7.82. The number of hydrogen-bond acceptors (Lipinski definition) is 4. The smallest absolute Gasteiger partial charge is 0.410 e. The van der Waals surface area contributed by atoms with E-state index in [2.05, 4.69) is 0 Å². The van der Waals surface area contributed by atoms with E-state index in [1.54, 1.807) is 0 Å². The summed E-state index contributed by atoms with van der Waals surface area (Å²) in [5, 5.41) is 0. The van der Waals surface area contributed by atoms with Gasteiger partial charge in [-0.3, -0.25) is 4.79 Å². The van der Waals surface area contributed by atoms with Gasteiger partial charge in [-0.05, 0) is 62.4 Å². The first-order valence-corrected chi connectivity index (χ1v) is 10.4. The van der Waals surface area contributed by atoms with Gasteiger partial charge in [0.25, 0.3) is 0 Å². The van der Waals surface area contributed by atoms with E-state index in [-0.39, 0.29) is 36.5 Å². The maximum absolute atomic E-state index is 13.0. The first-order chi connectivity index (χ1) is 14.2. The van der Waals surface area contributed by atoms with Crippen LogP contribution in [0.25, 0.3) is 0 Å². The summed E-state index contributed by atoms with van der Waals surface area (Å²) in [4.78, 5) is 27.6. The fourth-order valence-corrected chi connectivity index (χ4v) is 4.60. The molecule has 2 aromatic rings. The lowest BCUT2D eigenvalue weighted by atomic mass is 9.85. The fraction of sp³-hybridized carbons (Fsp3) is 0.417. The Balaban J connectivity index is 1.37. The number of benzene rings is 2. The van der Waals surface area contributed by atoms with E-state index < -0.39 is 0 Å². The molecular weight excluding hydrogens is 366 g/mol. The van der Waals surface area contributed by atoms with Crippen LogP contribution in [-0.4, -0.2) is 35.5 Å². The Bertz CT molecular complexity index is 835. The van der Waals surface area contributed by atoms with Crippen molar-refractivity contribution in [3.63, 3.8) is 0 Å². The molecule has 4 rings (SSSR count). The van der Waals surface area contributed by atoms with Gasteiger partial charge in [-0.25, -0.2) is 4.79 Å². The van der Waals surface area contributed by atoms with Crippen LogP contribution in [0.3, 0.4) is 0 Å². The lowest BCUT2D eigenvalue weighted by Crippen LogP contribution is -2.48. The van der Waals surface area contributed by atoms with Gasteiger partial charge in [0, 0.05) is 23.6 Å². The molecule has 2 heterocycles. The SMILES string of the molecule is CCOc1ccc(C(=O)C2CC3CCC(C2)N3C(=O)OCc2ccccc2)cc1. The fourth-order valence-electron chi connectivity index (χ4n) is 4.60. The maximum atomic E-state index is 13.0. The van der Waals surface area contributed by atoms with Crippen LogP contribution in [-0.2, 0) is 11.3 Å². The van der Waals surface area contributed by atoms with Gasteiger partial charge >= 0.3 is 6.09 Å². The van der Waals surface area contributed by atoms with E-state index in [1.165, 1.54) is 0 Å². The largest absolute Gasteiger partial charge is 0.494 e. The summed E-state index contributed by atoms with van der Waals surface area (Å²) in [5.41, 5.74) is 1.70. The second kappa shape index (κ2) is 8.68. The molecule has 0 aromatic heterocycles. The summed E-state index contributed by atoms with van der Waals surface area (Å²) in [7, 11) is 0. The minimum absolute atomic E-state index is 0.0383. The molecule has 0 radical (unpaired) electrons. The molecule has 5 heteroatoms. The molecule has 2 aliphatic heterocycles. The van der Waals surface area contributed by atoms with E-state index in [9.17, 15) is 9.59 Å². The normalized spacial score (nSPS) is 22.9. The average Bonchev–Trinajstić information content (AvgIpc) is 3.02. The van der Waals surface area contributed by atoms with Gasteiger partial charge in [-0.2, -0.15) is 0 Å². The van der Waals surface area contributed by atoms with Crippen molar-refractivity contribution < 1.29 is 19.1 Å². The summed E-state index contributed by atoms with van der Waals surface area (Å²) in [6, 6.07) is 17.3. The number of Topliss-reactive ketones (excluding diaryl/α,β-unsaturated/α-hetero) is 1. The number of rotatable bonds is 6. The van der Waals surface area contributed by atoms with Crippen molar-refractivity contribution in [1.82, 2.24) is 4.90 Å². The highest BCUT2D eigenvalue weighted by atomic mass is 16.6. The molecule has 29 heavy (non-hydrogen) atoms. The number of ether oxygens (including phenoxy) is 2. The lowest BCUT2D eigenvalue weighted by molar-refractivity contribution is 0.0485. The van der Waals surface area contributed by atoms with E-state index in [0.29, 0.717) is 19.4 Å². The molecule has 0 saturated carbocycles. The summed E-state index contributed by atoms with van der Waals surface area (Å²) in [5.74, 6) is 0.908. The number of nitrogens with zero attached hydrogens (tertiary/aromatic N) is 1. The highest BCUT2D eigenvalue weighted by molar-refractivity contribution is 5.98. The van der Waals surface area contributed by atoms with Crippen LogP contribution >= 0.6 is 0 Å². The summed E-state index contributed by atoms with van der Waals surface area (Å²) in [6.45, 7) is 2.83. The predicted molar refractivity (Wildman–Crippen MR) is 110 cm³/mol. The number of piperidine rings is 1. The van der Waals surface area contributed by atoms with Crippen LogP contribution in [0.2, 0.25) is 0 Å². The number of carbonyl (C=O) groups excluding carboxylic acids is 2. The Morgan fingerprint density at radius 1 is 0.966 bits per heavy atom. The van der Waals surface area contributed by atoms with Crippen LogP contribution in [0.5, 0.6) is 5.75 Å². The molecule has 0 spiro atoms. The predicted octanol–water partition coefficient (Wildman–Crippen LogP) is 4.85. The van der Waals surface area contributed by atoms with Crippen molar-refractivity contribution in [2.75, 3.05) is 6.61 Å². The molecule has 2 aromatic carbocycles. The molecule has 0 N–H and O–H groups in total. The summed E-state index contributed by atoms with van der Waals surface area (Å²) >= 11 is 0. The first kappa shape index (κ1) is 19.5.